The molecule has 4 rings (SSSR count). The van der Waals surface area contributed by atoms with Gasteiger partial charge < -0.3 is 13.7 Å². The van der Waals surface area contributed by atoms with Crippen LogP contribution < -0.4 is 10.4 Å². The van der Waals surface area contributed by atoms with E-state index in [0.717, 1.165) is 16.5 Å². The normalized spacial score (nSPS) is 12.9. The average Bonchev–Trinajstić information content (AvgIpc) is 2.86. The van der Waals surface area contributed by atoms with Crippen molar-refractivity contribution in [1.29, 1.82) is 0 Å². The van der Waals surface area contributed by atoms with Crippen LogP contribution in [0.2, 0.25) is 0 Å². The third-order valence-electron chi connectivity index (χ3n) is 3.34. The lowest BCUT2D eigenvalue weighted by atomic mass is 10.0. The van der Waals surface area contributed by atoms with Gasteiger partial charge in [0.2, 0.25) is 0 Å². The van der Waals surface area contributed by atoms with Crippen molar-refractivity contribution in [2.24, 2.45) is 0 Å². The SMILES string of the molecule is Cc1cc(=O)oc2c3c(ccc12)OCc1conc1-3. The fraction of sp³-hybridized carbons (Fsp3) is 0.143. The predicted molar refractivity (Wildman–Crippen MR) is 67.1 cm³/mol. The molecule has 0 saturated carbocycles. The molecule has 3 heterocycles. The van der Waals surface area contributed by atoms with Gasteiger partial charge in [-0.2, -0.15) is 0 Å². The molecule has 1 aliphatic heterocycles. The molecule has 1 aromatic carbocycles. The van der Waals surface area contributed by atoms with E-state index in [9.17, 15) is 4.79 Å². The minimum atomic E-state index is -0.381. The Hall–Kier alpha value is -2.56. The summed E-state index contributed by atoms with van der Waals surface area (Å²) in [6.07, 6.45) is 1.55. The van der Waals surface area contributed by atoms with Crippen LogP contribution in [0.1, 0.15) is 11.1 Å². The first kappa shape index (κ1) is 10.4. The van der Waals surface area contributed by atoms with Crippen molar-refractivity contribution in [3.05, 3.63) is 46.0 Å². The third kappa shape index (κ3) is 1.35. The van der Waals surface area contributed by atoms with Crippen LogP contribution in [0.15, 0.2) is 38.2 Å². The van der Waals surface area contributed by atoms with Gasteiger partial charge in [-0.1, -0.05) is 5.16 Å². The zero-order valence-corrected chi connectivity index (χ0v) is 10.1. The smallest absolute Gasteiger partial charge is 0.336 e. The summed E-state index contributed by atoms with van der Waals surface area (Å²) in [6.45, 7) is 2.28. The van der Waals surface area contributed by atoms with Crippen LogP contribution in [0, 0.1) is 6.92 Å². The Morgan fingerprint density at radius 1 is 1.32 bits per heavy atom. The maximum Gasteiger partial charge on any atom is 0.336 e. The fourth-order valence-electron chi connectivity index (χ4n) is 2.43. The Morgan fingerprint density at radius 2 is 2.21 bits per heavy atom. The lowest BCUT2D eigenvalue weighted by molar-refractivity contribution is 0.301. The van der Waals surface area contributed by atoms with E-state index in [0.29, 0.717) is 29.2 Å². The molecule has 5 heteroatoms. The molecule has 0 aliphatic carbocycles. The molecule has 3 aromatic rings. The van der Waals surface area contributed by atoms with E-state index in [1.807, 2.05) is 19.1 Å². The molecule has 0 spiro atoms. The van der Waals surface area contributed by atoms with E-state index < -0.39 is 0 Å². The molecule has 0 radical (unpaired) electrons. The monoisotopic (exact) mass is 255 g/mol. The first-order valence-electron chi connectivity index (χ1n) is 5.88. The van der Waals surface area contributed by atoms with Gasteiger partial charge in [0, 0.05) is 11.5 Å². The summed E-state index contributed by atoms with van der Waals surface area (Å²) < 4.78 is 16.0. The van der Waals surface area contributed by atoms with Gasteiger partial charge in [-0.3, -0.25) is 0 Å². The second-order valence-electron chi connectivity index (χ2n) is 4.54. The lowest BCUT2D eigenvalue weighted by Gasteiger charge is -2.17. The highest BCUT2D eigenvalue weighted by Gasteiger charge is 2.25. The highest BCUT2D eigenvalue weighted by molar-refractivity contribution is 5.97. The van der Waals surface area contributed by atoms with Gasteiger partial charge in [0.05, 0.1) is 11.1 Å². The van der Waals surface area contributed by atoms with Crippen LogP contribution in [0.3, 0.4) is 0 Å². The molecule has 5 nitrogen and oxygen atoms in total. The maximum atomic E-state index is 11.6. The van der Waals surface area contributed by atoms with Gasteiger partial charge >= 0.3 is 5.63 Å². The van der Waals surface area contributed by atoms with E-state index in [4.69, 9.17) is 13.7 Å². The van der Waals surface area contributed by atoms with Gasteiger partial charge in [-0.25, -0.2) is 4.79 Å². The fourth-order valence-corrected chi connectivity index (χ4v) is 2.43. The molecule has 0 unspecified atom stereocenters. The summed E-state index contributed by atoms with van der Waals surface area (Å²) >= 11 is 0. The third-order valence-corrected chi connectivity index (χ3v) is 3.34. The van der Waals surface area contributed by atoms with Crippen LogP contribution in [-0.4, -0.2) is 5.16 Å². The van der Waals surface area contributed by atoms with Crippen molar-refractivity contribution in [2.45, 2.75) is 13.5 Å². The van der Waals surface area contributed by atoms with E-state index in [1.165, 1.54) is 6.07 Å². The second-order valence-corrected chi connectivity index (χ2v) is 4.54. The number of benzene rings is 1. The summed E-state index contributed by atoms with van der Waals surface area (Å²) in [5.41, 5.74) is 3.20. The summed E-state index contributed by atoms with van der Waals surface area (Å²) in [4.78, 5) is 11.6. The highest BCUT2D eigenvalue weighted by atomic mass is 16.5. The number of hydrogen-bond donors (Lipinski definition) is 0. The van der Waals surface area contributed by atoms with Crippen LogP contribution in [0.5, 0.6) is 5.75 Å². The molecule has 0 atom stereocenters. The van der Waals surface area contributed by atoms with Crippen molar-refractivity contribution in [3.8, 4) is 17.0 Å². The van der Waals surface area contributed by atoms with Crippen molar-refractivity contribution in [2.75, 3.05) is 0 Å². The van der Waals surface area contributed by atoms with Crippen LogP contribution in [-0.2, 0) is 6.61 Å². The van der Waals surface area contributed by atoms with E-state index in [2.05, 4.69) is 5.16 Å². The average molecular weight is 255 g/mol. The number of hydrogen-bond acceptors (Lipinski definition) is 5. The lowest BCUT2D eigenvalue weighted by Crippen LogP contribution is -2.06. The summed E-state index contributed by atoms with van der Waals surface area (Å²) in [6, 6.07) is 5.22. The van der Waals surface area contributed by atoms with Crippen LogP contribution in [0.25, 0.3) is 22.2 Å². The standard InChI is InChI=1S/C14H9NO4/c1-7-4-11(16)19-14-9(7)2-3-10-12(14)13-8(5-17-10)6-18-15-13/h2-4,6H,5H2,1H3. The number of aryl methyl sites for hydroxylation is 1. The molecule has 0 saturated heterocycles. The first-order valence-corrected chi connectivity index (χ1v) is 5.88. The van der Waals surface area contributed by atoms with Gasteiger partial charge in [0.15, 0.2) is 5.58 Å². The molecule has 94 valence electrons. The minimum Gasteiger partial charge on any atom is -0.488 e. The van der Waals surface area contributed by atoms with Gasteiger partial charge in [-0.05, 0) is 24.6 Å². The number of aromatic nitrogens is 1. The van der Waals surface area contributed by atoms with E-state index >= 15 is 0 Å². The van der Waals surface area contributed by atoms with E-state index in [-0.39, 0.29) is 5.63 Å². The first-order chi connectivity index (χ1) is 9.24. The number of fused-ring (bicyclic) bond motifs is 5. The zero-order valence-electron chi connectivity index (χ0n) is 10.1. The summed E-state index contributed by atoms with van der Waals surface area (Å²) in [5.74, 6) is 0.655. The molecule has 19 heavy (non-hydrogen) atoms. The Bertz CT molecular complexity index is 859. The Balaban J connectivity index is 2.21. The molecule has 0 amide bonds. The molecule has 0 bridgehead atoms. The number of rotatable bonds is 0. The topological polar surface area (TPSA) is 65.5 Å². The van der Waals surface area contributed by atoms with Crippen molar-refractivity contribution in [3.63, 3.8) is 0 Å². The van der Waals surface area contributed by atoms with Crippen molar-refractivity contribution < 1.29 is 13.7 Å². The molecule has 0 N–H and O–H groups in total. The van der Waals surface area contributed by atoms with Crippen LogP contribution >= 0.6 is 0 Å². The Morgan fingerprint density at radius 3 is 3.11 bits per heavy atom. The molecule has 0 fully saturated rings. The second kappa shape index (κ2) is 3.47. The quantitative estimate of drug-likeness (QED) is 0.578. The number of nitrogens with zero attached hydrogens (tertiary/aromatic N) is 1. The zero-order chi connectivity index (χ0) is 13.0. The molecule has 1 aliphatic rings. The van der Waals surface area contributed by atoms with Gasteiger partial charge in [0.25, 0.3) is 0 Å². The van der Waals surface area contributed by atoms with Crippen molar-refractivity contribution >= 4 is 11.0 Å². The summed E-state index contributed by atoms with van der Waals surface area (Å²) in [7, 11) is 0. The molecule has 2 aromatic heterocycles. The highest BCUT2D eigenvalue weighted by Crippen LogP contribution is 2.41. The van der Waals surface area contributed by atoms with Gasteiger partial charge in [0.1, 0.15) is 24.3 Å². The summed E-state index contributed by atoms with van der Waals surface area (Å²) in [5, 5.41) is 4.86. The van der Waals surface area contributed by atoms with Crippen LogP contribution in [0.4, 0.5) is 0 Å². The predicted octanol–water partition coefficient (Wildman–Crippen LogP) is 2.65. The van der Waals surface area contributed by atoms with Crippen molar-refractivity contribution in [1.82, 2.24) is 5.16 Å². The molecular weight excluding hydrogens is 246 g/mol. The number of ether oxygens (including phenoxy) is 1. The van der Waals surface area contributed by atoms with E-state index in [1.54, 1.807) is 6.26 Å². The largest absolute Gasteiger partial charge is 0.488 e. The molecular formula is C14H9NO4. The maximum absolute atomic E-state index is 11.6. The minimum absolute atomic E-state index is 0.381. The van der Waals surface area contributed by atoms with Gasteiger partial charge in [-0.15, -0.1) is 0 Å². The Kier molecular flexibility index (Phi) is 1.90. The Labute approximate surface area is 107 Å².